The lowest BCUT2D eigenvalue weighted by Gasteiger charge is -2.23. The molecule has 1 aliphatic heterocycles. The Morgan fingerprint density at radius 2 is 2.29 bits per heavy atom. The monoisotopic (exact) mass is 314 g/mol. The van der Waals surface area contributed by atoms with Crippen LogP contribution in [0.1, 0.15) is 22.3 Å². The van der Waals surface area contributed by atoms with Crippen molar-refractivity contribution in [1.29, 1.82) is 0 Å². The summed E-state index contributed by atoms with van der Waals surface area (Å²) in [6.45, 7) is 2.34. The van der Waals surface area contributed by atoms with Gasteiger partial charge in [-0.05, 0) is 26.1 Å². The largest absolute Gasteiger partial charge is 0.366 e. The van der Waals surface area contributed by atoms with E-state index in [1.54, 1.807) is 6.07 Å². The van der Waals surface area contributed by atoms with Crippen molar-refractivity contribution in [2.24, 2.45) is 5.73 Å². The molecule has 0 aliphatic carbocycles. The number of carbonyl (C=O) groups excluding carboxylic acids is 1. The smallest absolute Gasteiger partial charge is 0.274 e. The lowest BCUT2D eigenvalue weighted by Crippen LogP contribution is -2.33. The molecule has 21 heavy (non-hydrogen) atoms. The van der Waals surface area contributed by atoms with Crippen molar-refractivity contribution in [2.75, 3.05) is 20.1 Å². The molecule has 1 amide bonds. The number of likely N-dealkylation sites (N-methyl/N-ethyl adjacent to an activating group) is 1. The molecule has 1 aromatic rings. The second-order valence-corrected chi connectivity index (χ2v) is 5.03. The standard InChI is InChI=1S/C13H18N4O3.ClH/c1-16(11-4-5-15-7-11)8-10-3-2-9(13(14)18)6-12(10)17(19)20;/h2-3,6,11,15H,4-5,7-8H2,1H3,(H2,14,18);1H. The number of amides is 1. The molecule has 1 unspecified atom stereocenters. The number of nitro benzene ring substituents is 1. The quantitative estimate of drug-likeness (QED) is 0.621. The Bertz CT molecular complexity index is 532. The van der Waals surface area contributed by atoms with E-state index in [0.717, 1.165) is 19.5 Å². The molecule has 7 nitrogen and oxygen atoms in total. The highest BCUT2D eigenvalue weighted by molar-refractivity contribution is 5.93. The predicted octanol–water partition coefficient (Wildman–Crippen LogP) is 0.909. The molecule has 1 saturated heterocycles. The van der Waals surface area contributed by atoms with Gasteiger partial charge in [0.25, 0.3) is 5.69 Å². The van der Waals surface area contributed by atoms with Crippen LogP contribution in [0.3, 0.4) is 0 Å². The molecule has 1 atom stereocenters. The van der Waals surface area contributed by atoms with E-state index < -0.39 is 10.8 Å². The summed E-state index contributed by atoms with van der Waals surface area (Å²) in [5.41, 5.74) is 5.85. The third-order valence-electron chi connectivity index (χ3n) is 3.64. The molecular weight excluding hydrogens is 296 g/mol. The fraction of sp³-hybridized carbons (Fsp3) is 0.462. The summed E-state index contributed by atoms with van der Waals surface area (Å²) in [6.07, 6.45) is 1.03. The lowest BCUT2D eigenvalue weighted by molar-refractivity contribution is -0.385. The number of nitro groups is 1. The van der Waals surface area contributed by atoms with Crippen molar-refractivity contribution in [3.05, 3.63) is 39.4 Å². The Labute approximate surface area is 129 Å². The molecule has 1 aromatic carbocycles. The summed E-state index contributed by atoms with van der Waals surface area (Å²) in [4.78, 5) is 23.8. The number of halogens is 1. The third kappa shape index (κ3) is 4.13. The maximum absolute atomic E-state index is 11.1. The van der Waals surface area contributed by atoms with Gasteiger partial charge in [0.1, 0.15) is 0 Å². The summed E-state index contributed by atoms with van der Waals surface area (Å²) in [5, 5.41) is 14.4. The van der Waals surface area contributed by atoms with Crippen molar-refractivity contribution < 1.29 is 9.72 Å². The van der Waals surface area contributed by atoms with Crippen LogP contribution in [0, 0.1) is 10.1 Å². The van der Waals surface area contributed by atoms with Crippen LogP contribution in [0.2, 0.25) is 0 Å². The summed E-state index contributed by atoms with van der Waals surface area (Å²) < 4.78 is 0. The molecule has 0 radical (unpaired) electrons. The second-order valence-electron chi connectivity index (χ2n) is 5.03. The number of nitrogens with one attached hydrogen (secondary N) is 1. The molecule has 0 spiro atoms. The van der Waals surface area contributed by atoms with E-state index in [4.69, 9.17) is 5.73 Å². The molecule has 0 saturated carbocycles. The maximum atomic E-state index is 11.1. The van der Waals surface area contributed by atoms with E-state index in [-0.39, 0.29) is 23.7 Å². The van der Waals surface area contributed by atoms with Crippen LogP contribution in [0.4, 0.5) is 5.69 Å². The van der Waals surface area contributed by atoms with Gasteiger partial charge in [-0.2, -0.15) is 0 Å². The second kappa shape index (κ2) is 7.35. The maximum Gasteiger partial charge on any atom is 0.274 e. The molecule has 2 rings (SSSR count). The zero-order valence-corrected chi connectivity index (χ0v) is 12.6. The van der Waals surface area contributed by atoms with Crippen molar-refractivity contribution in [2.45, 2.75) is 19.0 Å². The Morgan fingerprint density at radius 3 is 2.81 bits per heavy atom. The van der Waals surface area contributed by atoms with E-state index >= 15 is 0 Å². The van der Waals surface area contributed by atoms with Crippen molar-refractivity contribution >= 4 is 24.0 Å². The molecular formula is C13H19ClN4O3. The summed E-state index contributed by atoms with van der Waals surface area (Å²) in [7, 11) is 1.95. The minimum atomic E-state index is -0.659. The van der Waals surface area contributed by atoms with Crippen molar-refractivity contribution in [3.63, 3.8) is 0 Å². The molecule has 0 bridgehead atoms. The van der Waals surface area contributed by atoms with Gasteiger partial charge in [-0.3, -0.25) is 19.8 Å². The first-order valence-corrected chi connectivity index (χ1v) is 6.47. The minimum Gasteiger partial charge on any atom is -0.366 e. The lowest BCUT2D eigenvalue weighted by atomic mass is 10.1. The first-order chi connectivity index (χ1) is 9.49. The molecule has 1 fully saturated rings. The first-order valence-electron chi connectivity index (χ1n) is 6.47. The molecule has 8 heteroatoms. The van der Waals surface area contributed by atoms with Crippen molar-refractivity contribution in [3.8, 4) is 0 Å². The minimum absolute atomic E-state index is 0. The van der Waals surface area contributed by atoms with Crippen LogP contribution in [0.25, 0.3) is 0 Å². The van der Waals surface area contributed by atoms with Crippen LogP contribution < -0.4 is 11.1 Å². The average Bonchev–Trinajstić information content (AvgIpc) is 2.92. The zero-order valence-electron chi connectivity index (χ0n) is 11.7. The van der Waals surface area contributed by atoms with Gasteiger partial charge >= 0.3 is 0 Å². The van der Waals surface area contributed by atoms with E-state index in [2.05, 4.69) is 10.2 Å². The number of benzene rings is 1. The SMILES string of the molecule is CN(Cc1ccc(C(N)=O)cc1[N+](=O)[O-])C1CCNC1.Cl. The van der Waals surface area contributed by atoms with Gasteiger partial charge < -0.3 is 11.1 Å². The Hall–Kier alpha value is -1.70. The van der Waals surface area contributed by atoms with Gasteiger partial charge in [0.05, 0.1) is 4.92 Å². The van der Waals surface area contributed by atoms with Gasteiger partial charge in [0, 0.05) is 36.3 Å². The van der Waals surface area contributed by atoms with E-state index in [1.807, 2.05) is 7.05 Å². The van der Waals surface area contributed by atoms with Gasteiger partial charge in [-0.25, -0.2) is 0 Å². The Morgan fingerprint density at radius 1 is 1.57 bits per heavy atom. The zero-order chi connectivity index (χ0) is 14.7. The van der Waals surface area contributed by atoms with Crippen LogP contribution in [-0.2, 0) is 6.54 Å². The van der Waals surface area contributed by atoms with Crippen molar-refractivity contribution in [1.82, 2.24) is 10.2 Å². The number of hydrogen-bond acceptors (Lipinski definition) is 5. The molecule has 1 aliphatic rings. The first kappa shape index (κ1) is 17.4. The molecule has 116 valence electrons. The van der Waals surface area contributed by atoms with Gasteiger partial charge in [0.15, 0.2) is 0 Å². The van der Waals surface area contributed by atoms with E-state index in [0.29, 0.717) is 18.2 Å². The van der Waals surface area contributed by atoms with Gasteiger partial charge in [0.2, 0.25) is 5.91 Å². The number of hydrogen-bond donors (Lipinski definition) is 2. The molecule has 1 heterocycles. The highest BCUT2D eigenvalue weighted by atomic mass is 35.5. The predicted molar refractivity (Wildman–Crippen MR) is 81.6 cm³/mol. The fourth-order valence-corrected chi connectivity index (χ4v) is 2.43. The van der Waals surface area contributed by atoms with Gasteiger partial charge in [-0.15, -0.1) is 12.4 Å². The number of nitrogens with two attached hydrogens (primary N) is 1. The van der Waals surface area contributed by atoms with Crippen LogP contribution in [-0.4, -0.2) is 41.9 Å². The number of primary amides is 1. The van der Waals surface area contributed by atoms with Gasteiger partial charge in [-0.1, -0.05) is 6.07 Å². The highest BCUT2D eigenvalue weighted by Crippen LogP contribution is 2.23. The van der Waals surface area contributed by atoms with E-state index in [9.17, 15) is 14.9 Å². The summed E-state index contributed by atoms with van der Waals surface area (Å²) in [5.74, 6) is -0.659. The van der Waals surface area contributed by atoms with Crippen LogP contribution >= 0.6 is 12.4 Å². The van der Waals surface area contributed by atoms with E-state index in [1.165, 1.54) is 12.1 Å². The fourth-order valence-electron chi connectivity index (χ4n) is 2.43. The topological polar surface area (TPSA) is 102 Å². The number of nitrogens with zero attached hydrogens (tertiary/aromatic N) is 2. The molecule has 0 aromatic heterocycles. The van der Waals surface area contributed by atoms with Crippen LogP contribution in [0.15, 0.2) is 18.2 Å². The Balaban J connectivity index is 0.00000220. The summed E-state index contributed by atoms with van der Waals surface area (Å²) in [6, 6.07) is 4.77. The number of rotatable bonds is 5. The highest BCUT2D eigenvalue weighted by Gasteiger charge is 2.23. The normalized spacial score (nSPS) is 17.5. The summed E-state index contributed by atoms with van der Waals surface area (Å²) >= 11 is 0. The number of carbonyl (C=O) groups is 1. The Kier molecular flexibility index (Phi) is 6.07. The average molecular weight is 315 g/mol. The van der Waals surface area contributed by atoms with Crippen LogP contribution in [0.5, 0.6) is 0 Å². The molecule has 3 N–H and O–H groups in total. The third-order valence-corrected chi connectivity index (χ3v) is 3.64.